The van der Waals surface area contributed by atoms with Gasteiger partial charge in [0.25, 0.3) is 0 Å². The number of likely N-dealkylation sites (tertiary alicyclic amines) is 1. The summed E-state index contributed by atoms with van der Waals surface area (Å²) in [6, 6.07) is 8.46. The standard InChI is InChI=1S/C16H24N2O/c1-14-8-4-5-9-15(14)10-11-17-16(19)18-12-6-2-3-7-13-18/h4-5,8-9H,2-3,6-7,10-13H2,1H3,(H,17,19). The van der Waals surface area contributed by atoms with E-state index in [1.165, 1.54) is 24.0 Å². The van der Waals surface area contributed by atoms with Crippen LogP contribution < -0.4 is 5.32 Å². The molecule has 1 fully saturated rings. The Balaban J connectivity index is 1.76. The summed E-state index contributed by atoms with van der Waals surface area (Å²) < 4.78 is 0. The molecule has 1 aromatic carbocycles. The maximum atomic E-state index is 12.0. The quantitative estimate of drug-likeness (QED) is 0.889. The number of benzene rings is 1. The summed E-state index contributed by atoms with van der Waals surface area (Å²) in [6.45, 7) is 4.67. The van der Waals surface area contributed by atoms with Crippen LogP contribution in [-0.2, 0) is 6.42 Å². The molecule has 0 atom stereocenters. The van der Waals surface area contributed by atoms with Crippen molar-refractivity contribution in [2.24, 2.45) is 0 Å². The van der Waals surface area contributed by atoms with Crippen molar-refractivity contribution in [3.05, 3.63) is 35.4 Å². The van der Waals surface area contributed by atoms with E-state index in [-0.39, 0.29) is 6.03 Å². The molecule has 1 N–H and O–H groups in total. The number of urea groups is 1. The normalized spacial score (nSPS) is 15.9. The van der Waals surface area contributed by atoms with Gasteiger partial charge >= 0.3 is 6.03 Å². The second-order valence-corrected chi connectivity index (χ2v) is 5.31. The molecule has 104 valence electrons. The lowest BCUT2D eigenvalue weighted by molar-refractivity contribution is 0.200. The number of rotatable bonds is 3. The summed E-state index contributed by atoms with van der Waals surface area (Å²) in [5, 5.41) is 3.04. The summed E-state index contributed by atoms with van der Waals surface area (Å²) >= 11 is 0. The molecule has 0 aromatic heterocycles. The van der Waals surface area contributed by atoms with Crippen molar-refractivity contribution in [2.45, 2.75) is 39.0 Å². The fourth-order valence-electron chi connectivity index (χ4n) is 2.58. The molecular formula is C16H24N2O. The molecule has 0 unspecified atom stereocenters. The first-order valence-corrected chi connectivity index (χ1v) is 7.34. The predicted octanol–water partition coefficient (Wildman–Crippen LogP) is 3.12. The molecule has 1 aliphatic rings. The Kier molecular flexibility index (Phi) is 5.25. The van der Waals surface area contributed by atoms with Crippen molar-refractivity contribution in [3.63, 3.8) is 0 Å². The number of nitrogens with one attached hydrogen (secondary N) is 1. The molecule has 2 amide bonds. The molecule has 0 bridgehead atoms. The first-order valence-electron chi connectivity index (χ1n) is 7.34. The van der Waals surface area contributed by atoms with Gasteiger partial charge < -0.3 is 10.2 Å². The highest BCUT2D eigenvalue weighted by Gasteiger charge is 2.14. The number of hydrogen-bond donors (Lipinski definition) is 1. The first kappa shape index (κ1) is 13.9. The minimum atomic E-state index is 0.107. The van der Waals surface area contributed by atoms with Crippen LogP contribution in [0.15, 0.2) is 24.3 Å². The van der Waals surface area contributed by atoms with E-state index < -0.39 is 0 Å². The molecule has 1 aromatic rings. The number of amides is 2. The average molecular weight is 260 g/mol. The van der Waals surface area contributed by atoms with E-state index >= 15 is 0 Å². The van der Waals surface area contributed by atoms with Crippen molar-refractivity contribution in [1.82, 2.24) is 10.2 Å². The summed E-state index contributed by atoms with van der Waals surface area (Å²) in [4.78, 5) is 14.0. The van der Waals surface area contributed by atoms with E-state index in [0.29, 0.717) is 0 Å². The van der Waals surface area contributed by atoms with Crippen LogP contribution >= 0.6 is 0 Å². The van der Waals surface area contributed by atoms with Gasteiger partial charge in [-0.25, -0.2) is 4.79 Å². The van der Waals surface area contributed by atoms with Gasteiger partial charge in [0.15, 0.2) is 0 Å². The average Bonchev–Trinajstić information content (AvgIpc) is 2.70. The van der Waals surface area contributed by atoms with Crippen LogP contribution in [0.25, 0.3) is 0 Å². The Morgan fingerprint density at radius 3 is 2.53 bits per heavy atom. The van der Waals surface area contributed by atoms with E-state index in [1.54, 1.807) is 0 Å². The molecule has 0 aliphatic carbocycles. The zero-order chi connectivity index (χ0) is 13.5. The SMILES string of the molecule is Cc1ccccc1CCNC(=O)N1CCCCCC1. The molecule has 2 rings (SSSR count). The van der Waals surface area contributed by atoms with Gasteiger partial charge in [-0.2, -0.15) is 0 Å². The molecular weight excluding hydrogens is 236 g/mol. The van der Waals surface area contributed by atoms with Gasteiger partial charge in [0.2, 0.25) is 0 Å². The molecule has 0 spiro atoms. The van der Waals surface area contributed by atoms with Crippen LogP contribution in [0.2, 0.25) is 0 Å². The van der Waals surface area contributed by atoms with Gasteiger partial charge in [0.1, 0.15) is 0 Å². The van der Waals surface area contributed by atoms with Crippen LogP contribution in [0.1, 0.15) is 36.8 Å². The van der Waals surface area contributed by atoms with Crippen LogP contribution in [0, 0.1) is 6.92 Å². The lowest BCUT2D eigenvalue weighted by atomic mass is 10.1. The topological polar surface area (TPSA) is 32.3 Å². The van der Waals surface area contributed by atoms with Gasteiger partial charge in [0, 0.05) is 19.6 Å². The highest BCUT2D eigenvalue weighted by Crippen LogP contribution is 2.10. The van der Waals surface area contributed by atoms with E-state index in [4.69, 9.17) is 0 Å². The van der Waals surface area contributed by atoms with Gasteiger partial charge in [-0.3, -0.25) is 0 Å². The molecule has 0 saturated carbocycles. The zero-order valence-corrected chi connectivity index (χ0v) is 11.8. The van der Waals surface area contributed by atoms with E-state index in [1.807, 2.05) is 4.90 Å². The van der Waals surface area contributed by atoms with Crippen LogP contribution in [0.3, 0.4) is 0 Å². The van der Waals surface area contributed by atoms with E-state index in [2.05, 4.69) is 36.5 Å². The number of carbonyl (C=O) groups excluding carboxylic acids is 1. The fourth-order valence-corrected chi connectivity index (χ4v) is 2.58. The second kappa shape index (κ2) is 7.17. The van der Waals surface area contributed by atoms with Gasteiger partial charge in [-0.1, -0.05) is 37.1 Å². The minimum absolute atomic E-state index is 0.107. The third-order valence-electron chi connectivity index (χ3n) is 3.83. The molecule has 3 nitrogen and oxygen atoms in total. The third-order valence-corrected chi connectivity index (χ3v) is 3.83. The second-order valence-electron chi connectivity index (χ2n) is 5.31. The van der Waals surface area contributed by atoms with Crippen molar-refractivity contribution in [1.29, 1.82) is 0 Å². The summed E-state index contributed by atoms with van der Waals surface area (Å²) in [6.07, 6.45) is 5.71. The Morgan fingerprint density at radius 1 is 1.16 bits per heavy atom. The van der Waals surface area contributed by atoms with Crippen LogP contribution in [0.5, 0.6) is 0 Å². The minimum Gasteiger partial charge on any atom is -0.338 e. The van der Waals surface area contributed by atoms with Gasteiger partial charge in [-0.15, -0.1) is 0 Å². The van der Waals surface area contributed by atoms with Crippen molar-refractivity contribution in [3.8, 4) is 0 Å². The molecule has 1 aliphatic heterocycles. The number of carbonyl (C=O) groups is 1. The smallest absolute Gasteiger partial charge is 0.317 e. The van der Waals surface area contributed by atoms with Gasteiger partial charge in [0.05, 0.1) is 0 Å². The maximum absolute atomic E-state index is 12.0. The number of aryl methyl sites for hydroxylation is 1. The maximum Gasteiger partial charge on any atom is 0.317 e. The Morgan fingerprint density at radius 2 is 1.84 bits per heavy atom. The monoisotopic (exact) mass is 260 g/mol. The summed E-state index contributed by atoms with van der Waals surface area (Å²) in [5.74, 6) is 0. The number of hydrogen-bond acceptors (Lipinski definition) is 1. The lowest BCUT2D eigenvalue weighted by Gasteiger charge is -2.20. The fraction of sp³-hybridized carbons (Fsp3) is 0.562. The first-order chi connectivity index (χ1) is 9.27. The molecule has 1 heterocycles. The van der Waals surface area contributed by atoms with Crippen LogP contribution in [0.4, 0.5) is 4.79 Å². The van der Waals surface area contributed by atoms with Crippen molar-refractivity contribution < 1.29 is 4.79 Å². The van der Waals surface area contributed by atoms with Crippen molar-refractivity contribution in [2.75, 3.05) is 19.6 Å². The summed E-state index contributed by atoms with van der Waals surface area (Å²) in [7, 11) is 0. The highest BCUT2D eigenvalue weighted by molar-refractivity contribution is 5.74. The molecule has 0 radical (unpaired) electrons. The Hall–Kier alpha value is -1.51. The largest absolute Gasteiger partial charge is 0.338 e. The van der Waals surface area contributed by atoms with E-state index in [0.717, 1.165) is 38.9 Å². The van der Waals surface area contributed by atoms with Gasteiger partial charge in [-0.05, 0) is 37.3 Å². The zero-order valence-electron chi connectivity index (χ0n) is 11.8. The lowest BCUT2D eigenvalue weighted by Crippen LogP contribution is -2.41. The predicted molar refractivity (Wildman–Crippen MR) is 78.3 cm³/mol. The highest BCUT2D eigenvalue weighted by atomic mass is 16.2. The van der Waals surface area contributed by atoms with E-state index in [9.17, 15) is 4.79 Å². The third kappa shape index (κ3) is 4.27. The molecule has 19 heavy (non-hydrogen) atoms. The number of nitrogens with zero attached hydrogens (tertiary/aromatic N) is 1. The van der Waals surface area contributed by atoms with Crippen LogP contribution in [-0.4, -0.2) is 30.6 Å². The Bertz CT molecular complexity index is 409. The van der Waals surface area contributed by atoms with Crippen molar-refractivity contribution >= 4 is 6.03 Å². The molecule has 3 heteroatoms. The molecule has 1 saturated heterocycles. The Labute approximate surface area is 116 Å². The summed E-state index contributed by atoms with van der Waals surface area (Å²) in [5.41, 5.74) is 2.62.